The molecule has 2 heterocycles. The van der Waals surface area contributed by atoms with E-state index in [1.807, 2.05) is 0 Å². The Balaban J connectivity index is 1.89. The second-order valence-electron chi connectivity index (χ2n) is 3.73. The molecular formula is C10H16N2S. The molecule has 0 saturated carbocycles. The van der Waals surface area contributed by atoms with Crippen LogP contribution in [0.4, 0.5) is 0 Å². The van der Waals surface area contributed by atoms with Crippen LogP contribution in [0.15, 0.2) is 5.38 Å². The van der Waals surface area contributed by atoms with Crippen molar-refractivity contribution in [3.8, 4) is 0 Å². The largest absolute Gasteiger partial charge is 0.314 e. The van der Waals surface area contributed by atoms with E-state index in [0.717, 1.165) is 12.1 Å². The molecule has 72 valence electrons. The van der Waals surface area contributed by atoms with Crippen LogP contribution in [-0.4, -0.2) is 17.6 Å². The molecule has 0 aromatic carbocycles. The molecule has 1 aliphatic heterocycles. The molecule has 1 N–H and O–H groups in total. The number of nitrogens with one attached hydrogen (secondary N) is 1. The lowest BCUT2D eigenvalue weighted by molar-refractivity contribution is 0.399. The maximum absolute atomic E-state index is 4.48. The summed E-state index contributed by atoms with van der Waals surface area (Å²) in [5.41, 5.74) is 1.16. The smallest absolute Gasteiger partial charge is 0.0943 e. The molecule has 0 radical (unpaired) electrons. The predicted octanol–water partition coefficient (Wildman–Crippen LogP) is 2.14. The molecule has 1 aliphatic rings. The van der Waals surface area contributed by atoms with Crippen molar-refractivity contribution in [2.75, 3.05) is 6.54 Å². The fourth-order valence-corrected chi connectivity index (χ4v) is 2.66. The van der Waals surface area contributed by atoms with Crippen LogP contribution in [0.25, 0.3) is 0 Å². The fraction of sp³-hybridized carbons (Fsp3) is 0.700. The topological polar surface area (TPSA) is 24.9 Å². The first kappa shape index (κ1) is 9.16. The van der Waals surface area contributed by atoms with E-state index in [1.54, 1.807) is 11.3 Å². The van der Waals surface area contributed by atoms with Crippen molar-refractivity contribution >= 4 is 11.3 Å². The van der Waals surface area contributed by atoms with E-state index >= 15 is 0 Å². The minimum atomic E-state index is 0.680. The van der Waals surface area contributed by atoms with E-state index in [9.17, 15) is 0 Å². The van der Waals surface area contributed by atoms with Gasteiger partial charge in [0.15, 0.2) is 0 Å². The van der Waals surface area contributed by atoms with Gasteiger partial charge >= 0.3 is 0 Å². The van der Waals surface area contributed by atoms with Gasteiger partial charge in [0.25, 0.3) is 0 Å². The van der Waals surface area contributed by atoms with E-state index in [0.29, 0.717) is 6.04 Å². The highest BCUT2D eigenvalue weighted by Crippen LogP contribution is 2.15. The van der Waals surface area contributed by atoms with Crippen LogP contribution in [0.2, 0.25) is 0 Å². The molecule has 0 spiro atoms. The summed E-state index contributed by atoms with van der Waals surface area (Å²) >= 11 is 1.79. The Morgan fingerprint density at radius 3 is 3.15 bits per heavy atom. The average Bonchev–Trinajstić information content (AvgIpc) is 2.53. The molecule has 0 amide bonds. The predicted molar refractivity (Wildman–Crippen MR) is 56.2 cm³/mol. The van der Waals surface area contributed by atoms with Crippen LogP contribution in [0.5, 0.6) is 0 Å². The van der Waals surface area contributed by atoms with E-state index in [4.69, 9.17) is 0 Å². The maximum Gasteiger partial charge on any atom is 0.0943 e. The van der Waals surface area contributed by atoms with Crippen LogP contribution < -0.4 is 5.32 Å². The normalized spacial score (nSPS) is 23.3. The van der Waals surface area contributed by atoms with Gasteiger partial charge in [-0.15, -0.1) is 11.3 Å². The summed E-state index contributed by atoms with van der Waals surface area (Å²) in [6.07, 6.45) is 5.16. The zero-order valence-corrected chi connectivity index (χ0v) is 8.86. The van der Waals surface area contributed by atoms with Crippen LogP contribution in [0, 0.1) is 6.92 Å². The highest BCUT2D eigenvalue weighted by molar-refractivity contribution is 7.09. The zero-order chi connectivity index (χ0) is 9.10. The maximum atomic E-state index is 4.48. The molecule has 0 aliphatic carbocycles. The molecule has 13 heavy (non-hydrogen) atoms. The van der Waals surface area contributed by atoms with Gasteiger partial charge in [-0.3, -0.25) is 0 Å². The van der Waals surface area contributed by atoms with Gasteiger partial charge in [0.05, 0.1) is 5.01 Å². The van der Waals surface area contributed by atoms with Crippen molar-refractivity contribution < 1.29 is 0 Å². The minimum absolute atomic E-state index is 0.680. The molecule has 2 nitrogen and oxygen atoms in total. The summed E-state index contributed by atoms with van der Waals surface area (Å²) in [5, 5.41) is 6.97. The number of hydrogen-bond acceptors (Lipinski definition) is 3. The Hall–Kier alpha value is -0.410. The summed E-state index contributed by atoms with van der Waals surface area (Å²) in [6, 6.07) is 0.680. The number of piperidine rings is 1. The zero-order valence-electron chi connectivity index (χ0n) is 8.05. The van der Waals surface area contributed by atoms with Crippen LogP contribution in [-0.2, 0) is 6.42 Å². The van der Waals surface area contributed by atoms with Crippen molar-refractivity contribution in [3.63, 3.8) is 0 Å². The van der Waals surface area contributed by atoms with Crippen LogP contribution in [0.3, 0.4) is 0 Å². The monoisotopic (exact) mass is 196 g/mol. The van der Waals surface area contributed by atoms with Crippen molar-refractivity contribution in [2.45, 2.75) is 38.6 Å². The number of nitrogens with zero attached hydrogens (tertiary/aromatic N) is 1. The van der Waals surface area contributed by atoms with Crippen LogP contribution in [0.1, 0.15) is 30.0 Å². The van der Waals surface area contributed by atoms with Gasteiger partial charge in [-0.1, -0.05) is 6.42 Å². The first-order valence-corrected chi connectivity index (χ1v) is 5.87. The number of rotatable bonds is 2. The summed E-state index contributed by atoms with van der Waals surface area (Å²) in [4.78, 5) is 4.48. The van der Waals surface area contributed by atoms with Gasteiger partial charge in [0.1, 0.15) is 0 Å². The third-order valence-corrected chi connectivity index (χ3v) is 3.49. The van der Waals surface area contributed by atoms with E-state index in [1.165, 1.54) is 30.8 Å². The second-order valence-corrected chi connectivity index (χ2v) is 4.68. The number of thiazole rings is 1. The minimum Gasteiger partial charge on any atom is -0.314 e. The fourth-order valence-electron chi connectivity index (χ4n) is 1.81. The molecule has 1 aromatic heterocycles. The molecule has 1 fully saturated rings. The lowest BCUT2D eigenvalue weighted by Gasteiger charge is -2.22. The van der Waals surface area contributed by atoms with Gasteiger partial charge in [0, 0.05) is 23.5 Å². The Morgan fingerprint density at radius 1 is 1.62 bits per heavy atom. The molecule has 3 heteroatoms. The quantitative estimate of drug-likeness (QED) is 0.784. The van der Waals surface area contributed by atoms with Crippen molar-refractivity contribution in [1.82, 2.24) is 10.3 Å². The van der Waals surface area contributed by atoms with E-state index < -0.39 is 0 Å². The number of aromatic nitrogens is 1. The summed E-state index contributed by atoms with van der Waals surface area (Å²) < 4.78 is 0. The molecule has 1 unspecified atom stereocenters. The summed E-state index contributed by atoms with van der Waals surface area (Å²) in [5.74, 6) is 0. The molecule has 1 aromatic rings. The van der Waals surface area contributed by atoms with Crippen molar-refractivity contribution in [3.05, 3.63) is 16.1 Å². The Labute approximate surface area is 83.4 Å². The lowest BCUT2D eigenvalue weighted by atomic mass is 10.0. The van der Waals surface area contributed by atoms with Gasteiger partial charge in [-0.25, -0.2) is 4.98 Å². The van der Waals surface area contributed by atoms with Gasteiger partial charge in [-0.05, 0) is 26.3 Å². The average molecular weight is 196 g/mol. The molecule has 0 bridgehead atoms. The highest BCUT2D eigenvalue weighted by atomic mass is 32.1. The summed E-state index contributed by atoms with van der Waals surface area (Å²) in [6.45, 7) is 3.25. The molecule has 2 rings (SSSR count). The third kappa shape index (κ3) is 2.51. The standard InChI is InChI=1S/C10H16N2S/c1-8-7-13-10(12-8)6-9-4-2-3-5-11-9/h7,9,11H,2-6H2,1H3. The summed E-state index contributed by atoms with van der Waals surface area (Å²) in [7, 11) is 0. The Bertz CT molecular complexity index is 264. The molecule has 1 saturated heterocycles. The SMILES string of the molecule is Cc1csc(CC2CCCCN2)n1. The van der Waals surface area contributed by atoms with E-state index in [2.05, 4.69) is 22.6 Å². The number of hydrogen-bond donors (Lipinski definition) is 1. The third-order valence-electron chi connectivity index (χ3n) is 2.50. The molecular weight excluding hydrogens is 180 g/mol. The van der Waals surface area contributed by atoms with Crippen LogP contribution >= 0.6 is 11.3 Å². The lowest BCUT2D eigenvalue weighted by Crippen LogP contribution is -2.35. The molecule has 1 atom stereocenters. The van der Waals surface area contributed by atoms with Crippen molar-refractivity contribution in [1.29, 1.82) is 0 Å². The highest BCUT2D eigenvalue weighted by Gasteiger charge is 2.14. The van der Waals surface area contributed by atoms with Gasteiger partial charge < -0.3 is 5.32 Å². The van der Waals surface area contributed by atoms with Gasteiger partial charge in [0.2, 0.25) is 0 Å². The van der Waals surface area contributed by atoms with Gasteiger partial charge in [-0.2, -0.15) is 0 Å². The van der Waals surface area contributed by atoms with E-state index in [-0.39, 0.29) is 0 Å². The first-order valence-electron chi connectivity index (χ1n) is 4.99. The number of aryl methyl sites for hydroxylation is 1. The van der Waals surface area contributed by atoms with Crippen molar-refractivity contribution in [2.24, 2.45) is 0 Å². The second kappa shape index (κ2) is 4.20. The Morgan fingerprint density at radius 2 is 2.54 bits per heavy atom. The Kier molecular flexibility index (Phi) is 2.96. The first-order chi connectivity index (χ1) is 6.34.